The zero-order chi connectivity index (χ0) is 19.8. The van der Waals surface area contributed by atoms with Crippen LogP contribution in [0.5, 0.6) is 23.0 Å². The molecule has 0 spiro atoms. The molecule has 0 saturated carbocycles. The fourth-order valence-corrected chi connectivity index (χ4v) is 2.43. The highest BCUT2D eigenvalue weighted by Gasteiger charge is 2.05. The number of hydrogen-bond donors (Lipinski definition) is 1. The average Bonchev–Trinajstić information content (AvgIpc) is 2.73. The van der Waals surface area contributed by atoms with Gasteiger partial charge in [0, 0.05) is 6.54 Å². The van der Waals surface area contributed by atoms with Gasteiger partial charge in [0.05, 0.1) is 7.11 Å². The minimum Gasteiger partial charge on any atom is -0.497 e. The summed E-state index contributed by atoms with van der Waals surface area (Å²) in [5, 5.41) is 2.80. The van der Waals surface area contributed by atoms with Gasteiger partial charge in [0.2, 0.25) is 0 Å². The van der Waals surface area contributed by atoms with Gasteiger partial charge in [-0.1, -0.05) is 12.1 Å². The van der Waals surface area contributed by atoms with Crippen LogP contribution in [-0.4, -0.2) is 19.6 Å². The van der Waals surface area contributed by atoms with Gasteiger partial charge in [0.25, 0.3) is 5.91 Å². The first-order valence-corrected chi connectivity index (χ1v) is 8.68. The van der Waals surface area contributed by atoms with Crippen molar-refractivity contribution in [1.82, 2.24) is 5.32 Å². The summed E-state index contributed by atoms with van der Waals surface area (Å²) in [4.78, 5) is 12.0. The molecular formula is C22H20FNO4. The number of amides is 1. The van der Waals surface area contributed by atoms with Crippen LogP contribution >= 0.6 is 0 Å². The third-order valence-corrected chi connectivity index (χ3v) is 3.87. The number of methoxy groups -OCH3 is 1. The van der Waals surface area contributed by atoms with Gasteiger partial charge in [-0.05, 0) is 66.2 Å². The molecule has 3 aromatic rings. The van der Waals surface area contributed by atoms with Crippen molar-refractivity contribution in [3.05, 3.63) is 84.2 Å². The molecule has 0 saturated heterocycles. The number of ether oxygens (including phenoxy) is 3. The SMILES string of the molecule is COc1ccc(OCC(=O)NCc2cccc(Oc3ccc(F)cc3)c2)cc1. The van der Waals surface area contributed by atoms with E-state index in [4.69, 9.17) is 14.2 Å². The molecule has 0 radical (unpaired) electrons. The number of hydrogen-bond acceptors (Lipinski definition) is 4. The minimum atomic E-state index is -0.319. The molecule has 1 amide bonds. The monoisotopic (exact) mass is 381 g/mol. The van der Waals surface area contributed by atoms with Gasteiger partial charge in [-0.2, -0.15) is 0 Å². The quantitative estimate of drug-likeness (QED) is 0.631. The Bertz CT molecular complexity index is 911. The average molecular weight is 381 g/mol. The summed E-state index contributed by atoms with van der Waals surface area (Å²) >= 11 is 0. The molecule has 0 bridgehead atoms. The van der Waals surface area contributed by atoms with Crippen LogP contribution in [0.2, 0.25) is 0 Å². The Hall–Kier alpha value is -3.54. The fraction of sp³-hybridized carbons (Fsp3) is 0.136. The molecule has 144 valence electrons. The minimum absolute atomic E-state index is 0.0852. The van der Waals surface area contributed by atoms with Crippen molar-refractivity contribution < 1.29 is 23.4 Å². The van der Waals surface area contributed by atoms with Crippen LogP contribution in [0.4, 0.5) is 4.39 Å². The van der Waals surface area contributed by atoms with E-state index >= 15 is 0 Å². The zero-order valence-electron chi connectivity index (χ0n) is 15.4. The van der Waals surface area contributed by atoms with Crippen molar-refractivity contribution in [2.75, 3.05) is 13.7 Å². The molecule has 28 heavy (non-hydrogen) atoms. The van der Waals surface area contributed by atoms with E-state index in [2.05, 4.69) is 5.32 Å². The van der Waals surface area contributed by atoms with E-state index in [-0.39, 0.29) is 18.3 Å². The molecule has 0 atom stereocenters. The molecule has 0 unspecified atom stereocenters. The molecule has 0 heterocycles. The van der Waals surface area contributed by atoms with Gasteiger partial charge in [-0.25, -0.2) is 4.39 Å². The standard InChI is InChI=1S/C22H20FNO4/c1-26-18-9-11-19(12-10-18)27-15-22(25)24-14-16-3-2-4-21(13-16)28-20-7-5-17(23)6-8-20/h2-13H,14-15H2,1H3,(H,24,25). The van der Waals surface area contributed by atoms with Crippen molar-refractivity contribution in [1.29, 1.82) is 0 Å². The summed E-state index contributed by atoms with van der Waals surface area (Å²) in [6.45, 7) is 0.253. The molecule has 6 heteroatoms. The topological polar surface area (TPSA) is 56.8 Å². The van der Waals surface area contributed by atoms with Crippen LogP contribution in [0, 0.1) is 5.82 Å². The van der Waals surface area contributed by atoms with Gasteiger partial charge in [-0.15, -0.1) is 0 Å². The highest BCUT2D eigenvalue weighted by Crippen LogP contribution is 2.22. The molecule has 0 aliphatic rings. The summed E-state index contributed by atoms with van der Waals surface area (Å²) in [5.41, 5.74) is 0.873. The lowest BCUT2D eigenvalue weighted by Gasteiger charge is -2.10. The van der Waals surface area contributed by atoms with Crippen molar-refractivity contribution in [3.8, 4) is 23.0 Å². The maximum absolute atomic E-state index is 13.0. The Morgan fingerprint density at radius 1 is 0.893 bits per heavy atom. The van der Waals surface area contributed by atoms with E-state index in [1.165, 1.54) is 12.1 Å². The van der Waals surface area contributed by atoms with Crippen LogP contribution in [0.3, 0.4) is 0 Å². The lowest BCUT2D eigenvalue weighted by molar-refractivity contribution is -0.123. The van der Waals surface area contributed by atoms with Gasteiger partial charge >= 0.3 is 0 Å². The Kier molecular flexibility index (Phi) is 6.46. The predicted octanol–water partition coefficient (Wildman–Crippen LogP) is 4.32. The summed E-state index contributed by atoms with van der Waals surface area (Å²) < 4.78 is 29.2. The summed E-state index contributed by atoms with van der Waals surface area (Å²) in [7, 11) is 1.59. The van der Waals surface area contributed by atoms with Crippen LogP contribution in [0.15, 0.2) is 72.8 Å². The number of benzene rings is 3. The van der Waals surface area contributed by atoms with Crippen LogP contribution < -0.4 is 19.5 Å². The number of halogens is 1. The van der Waals surface area contributed by atoms with Gasteiger partial charge < -0.3 is 19.5 Å². The summed E-state index contributed by atoms with van der Waals surface area (Å²) in [5.74, 6) is 1.90. The van der Waals surface area contributed by atoms with Crippen molar-refractivity contribution in [2.24, 2.45) is 0 Å². The third kappa shape index (κ3) is 5.74. The molecule has 1 N–H and O–H groups in total. The fourth-order valence-electron chi connectivity index (χ4n) is 2.43. The van der Waals surface area contributed by atoms with E-state index in [1.54, 1.807) is 49.6 Å². The Balaban J connectivity index is 1.48. The van der Waals surface area contributed by atoms with E-state index in [0.717, 1.165) is 11.3 Å². The maximum Gasteiger partial charge on any atom is 0.258 e. The maximum atomic E-state index is 13.0. The summed E-state index contributed by atoms with van der Waals surface area (Å²) in [6, 6.07) is 20.1. The Labute approximate surface area is 162 Å². The Morgan fingerprint density at radius 3 is 2.29 bits per heavy atom. The van der Waals surface area contributed by atoms with Crippen LogP contribution in [0.1, 0.15) is 5.56 Å². The first kappa shape index (κ1) is 19.2. The molecule has 0 aromatic heterocycles. The zero-order valence-corrected chi connectivity index (χ0v) is 15.4. The lowest BCUT2D eigenvalue weighted by Crippen LogP contribution is -2.28. The molecule has 3 rings (SSSR count). The molecular weight excluding hydrogens is 361 g/mol. The largest absolute Gasteiger partial charge is 0.497 e. The highest BCUT2D eigenvalue weighted by atomic mass is 19.1. The molecule has 0 aliphatic carbocycles. The van der Waals surface area contributed by atoms with E-state index in [9.17, 15) is 9.18 Å². The second-order valence-electron chi connectivity index (χ2n) is 5.94. The Morgan fingerprint density at radius 2 is 1.57 bits per heavy atom. The lowest BCUT2D eigenvalue weighted by atomic mass is 10.2. The van der Waals surface area contributed by atoms with Gasteiger partial charge in [0.15, 0.2) is 6.61 Å². The molecule has 0 fully saturated rings. The molecule has 5 nitrogen and oxygen atoms in total. The molecule has 0 aliphatic heterocycles. The van der Waals surface area contributed by atoms with E-state index < -0.39 is 0 Å². The predicted molar refractivity (Wildman–Crippen MR) is 103 cm³/mol. The normalized spacial score (nSPS) is 10.2. The number of nitrogens with one attached hydrogen (secondary N) is 1. The highest BCUT2D eigenvalue weighted by molar-refractivity contribution is 5.77. The number of rotatable bonds is 8. The number of carbonyl (C=O) groups is 1. The van der Waals surface area contributed by atoms with E-state index in [0.29, 0.717) is 23.8 Å². The second kappa shape index (κ2) is 9.41. The van der Waals surface area contributed by atoms with Crippen LogP contribution in [0.25, 0.3) is 0 Å². The van der Waals surface area contributed by atoms with Gasteiger partial charge in [0.1, 0.15) is 28.8 Å². The smallest absolute Gasteiger partial charge is 0.258 e. The van der Waals surface area contributed by atoms with Crippen molar-refractivity contribution >= 4 is 5.91 Å². The first-order valence-electron chi connectivity index (χ1n) is 8.68. The summed E-state index contributed by atoms with van der Waals surface area (Å²) in [6.07, 6.45) is 0. The second-order valence-corrected chi connectivity index (χ2v) is 5.94. The van der Waals surface area contributed by atoms with Crippen LogP contribution in [-0.2, 0) is 11.3 Å². The first-order chi connectivity index (χ1) is 13.6. The van der Waals surface area contributed by atoms with Crippen molar-refractivity contribution in [3.63, 3.8) is 0 Å². The van der Waals surface area contributed by atoms with Gasteiger partial charge in [-0.3, -0.25) is 4.79 Å². The third-order valence-electron chi connectivity index (χ3n) is 3.87. The number of carbonyl (C=O) groups excluding carboxylic acids is 1. The van der Waals surface area contributed by atoms with Crippen molar-refractivity contribution in [2.45, 2.75) is 6.54 Å². The molecule has 3 aromatic carbocycles. The van der Waals surface area contributed by atoms with E-state index in [1.807, 2.05) is 18.2 Å².